The molecule has 2 rings (SSSR count). The average Bonchev–Trinajstić information content (AvgIpc) is 2.80. The van der Waals surface area contributed by atoms with Crippen LogP contribution in [0.25, 0.3) is 0 Å². The van der Waals surface area contributed by atoms with Crippen molar-refractivity contribution in [3.63, 3.8) is 0 Å². The van der Waals surface area contributed by atoms with Gasteiger partial charge in [0.25, 0.3) is 0 Å². The highest BCUT2D eigenvalue weighted by molar-refractivity contribution is 5.56. The number of nitrogens with zero attached hydrogens (tertiary/aromatic N) is 2. The minimum atomic E-state index is 0.565. The zero-order chi connectivity index (χ0) is 12.3. The van der Waals surface area contributed by atoms with Gasteiger partial charge < -0.3 is 15.2 Å². The summed E-state index contributed by atoms with van der Waals surface area (Å²) in [5, 5.41) is 4.12. The Balaban J connectivity index is 2.22. The Kier molecular flexibility index (Phi) is 3.18. The van der Waals surface area contributed by atoms with Crippen molar-refractivity contribution < 1.29 is 9.47 Å². The van der Waals surface area contributed by atoms with Crippen LogP contribution in [-0.4, -0.2) is 16.9 Å². The summed E-state index contributed by atoms with van der Waals surface area (Å²) < 4.78 is 12.5. The fraction of sp³-hybridized carbons (Fsp3) is 0.250. The molecule has 1 heterocycles. The van der Waals surface area contributed by atoms with Crippen LogP contribution < -0.4 is 15.2 Å². The molecule has 0 atom stereocenters. The van der Waals surface area contributed by atoms with Crippen molar-refractivity contribution in [3.8, 4) is 17.2 Å². The molecule has 0 aliphatic rings. The number of aromatic nitrogens is 2. The molecule has 17 heavy (non-hydrogen) atoms. The first kappa shape index (κ1) is 11.3. The van der Waals surface area contributed by atoms with Gasteiger partial charge in [0.1, 0.15) is 5.75 Å². The highest BCUT2D eigenvalue weighted by atomic mass is 16.5. The lowest BCUT2D eigenvalue weighted by atomic mass is 10.3. The third-order valence-electron chi connectivity index (χ3n) is 2.38. The van der Waals surface area contributed by atoms with E-state index in [-0.39, 0.29) is 0 Å². The van der Waals surface area contributed by atoms with E-state index in [9.17, 15) is 0 Å². The van der Waals surface area contributed by atoms with Gasteiger partial charge in [0.15, 0.2) is 11.5 Å². The van der Waals surface area contributed by atoms with E-state index in [0.29, 0.717) is 22.9 Å². The largest absolute Gasteiger partial charge is 0.497 e. The number of benzene rings is 1. The number of methoxy groups -OCH3 is 1. The summed E-state index contributed by atoms with van der Waals surface area (Å²) in [6.45, 7) is 2.81. The first-order valence-electron chi connectivity index (χ1n) is 5.36. The number of rotatable bonds is 4. The smallest absolute Gasteiger partial charge is 0.165 e. The van der Waals surface area contributed by atoms with Crippen molar-refractivity contribution in [1.82, 2.24) is 9.78 Å². The number of aryl methyl sites for hydroxylation is 1. The molecular weight excluding hydrogens is 218 g/mol. The summed E-state index contributed by atoms with van der Waals surface area (Å²) in [6.07, 6.45) is 3.47. The predicted octanol–water partition coefficient (Wildman–Crippen LogP) is 2.29. The zero-order valence-corrected chi connectivity index (χ0v) is 9.88. The van der Waals surface area contributed by atoms with Crippen LogP contribution in [0, 0.1) is 0 Å². The first-order chi connectivity index (χ1) is 8.22. The molecule has 1 aromatic heterocycles. The molecule has 0 saturated heterocycles. The summed E-state index contributed by atoms with van der Waals surface area (Å²) in [7, 11) is 1.60. The van der Waals surface area contributed by atoms with Gasteiger partial charge in [-0.05, 0) is 19.1 Å². The molecule has 2 aromatic rings. The minimum Gasteiger partial charge on any atom is -0.497 e. The number of nitrogen functional groups attached to an aromatic ring is 1. The monoisotopic (exact) mass is 233 g/mol. The molecule has 1 aromatic carbocycles. The molecule has 0 aliphatic heterocycles. The van der Waals surface area contributed by atoms with E-state index >= 15 is 0 Å². The van der Waals surface area contributed by atoms with E-state index in [0.717, 1.165) is 6.54 Å². The fourth-order valence-electron chi connectivity index (χ4n) is 1.43. The molecule has 90 valence electrons. The molecule has 0 radical (unpaired) electrons. The van der Waals surface area contributed by atoms with Gasteiger partial charge in [-0.2, -0.15) is 5.10 Å². The van der Waals surface area contributed by atoms with Gasteiger partial charge in [0.2, 0.25) is 0 Å². The van der Waals surface area contributed by atoms with E-state index in [1.807, 2.05) is 13.1 Å². The Morgan fingerprint density at radius 1 is 1.35 bits per heavy atom. The van der Waals surface area contributed by atoms with Crippen molar-refractivity contribution in [1.29, 1.82) is 0 Å². The number of nitrogens with two attached hydrogens (primary N) is 1. The van der Waals surface area contributed by atoms with Gasteiger partial charge in [-0.25, -0.2) is 0 Å². The van der Waals surface area contributed by atoms with Gasteiger partial charge in [-0.3, -0.25) is 4.68 Å². The Hall–Kier alpha value is -2.17. The summed E-state index contributed by atoms with van der Waals surface area (Å²) in [6, 6.07) is 5.29. The van der Waals surface area contributed by atoms with Crippen molar-refractivity contribution >= 4 is 5.69 Å². The van der Waals surface area contributed by atoms with Crippen LogP contribution in [0.3, 0.4) is 0 Å². The van der Waals surface area contributed by atoms with Crippen LogP contribution in [0.2, 0.25) is 0 Å². The molecule has 0 aliphatic carbocycles. The minimum absolute atomic E-state index is 0.565. The molecule has 5 heteroatoms. The second-order valence-electron chi connectivity index (χ2n) is 3.54. The molecular formula is C12H15N3O2. The van der Waals surface area contributed by atoms with Crippen LogP contribution in [0.15, 0.2) is 30.6 Å². The third-order valence-corrected chi connectivity index (χ3v) is 2.38. The van der Waals surface area contributed by atoms with Crippen LogP contribution in [0.5, 0.6) is 17.2 Å². The summed E-state index contributed by atoms with van der Waals surface area (Å²) in [5.74, 6) is 1.93. The van der Waals surface area contributed by atoms with Gasteiger partial charge in [-0.1, -0.05) is 0 Å². The normalized spacial score (nSPS) is 10.2. The van der Waals surface area contributed by atoms with E-state index in [1.54, 1.807) is 36.2 Å². The van der Waals surface area contributed by atoms with Crippen LogP contribution >= 0.6 is 0 Å². The van der Waals surface area contributed by atoms with E-state index in [2.05, 4.69) is 5.10 Å². The Morgan fingerprint density at radius 2 is 2.18 bits per heavy atom. The Bertz CT molecular complexity index is 508. The maximum atomic E-state index is 5.82. The van der Waals surface area contributed by atoms with Crippen molar-refractivity contribution in [2.24, 2.45) is 0 Å². The highest BCUT2D eigenvalue weighted by Gasteiger charge is 2.06. The van der Waals surface area contributed by atoms with Crippen LogP contribution in [-0.2, 0) is 6.54 Å². The van der Waals surface area contributed by atoms with Gasteiger partial charge in [-0.15, -0.1) is 0 Å². The number of anilines is 1. The second-order valence-corrected chi connectivity index (χ2v) is 3.54. The molecule has 0 spiro atoms. The zero-order valence-electron chi connectivity index (χ0n) is 9.88. The van der Waals surface area contributed by atoms with Crippen molar-refractivity contribution in [2.45, 2.75) is 13.5 Å². The van der Waals surface area contributed by atoms with E-state index < -0.39 is 0 Å². The van der Waals surface area contributed by atoms with Gasteiger partial charge >= 0.3 is 0 Å². The molecule has 0 fully saturated rings. The lowest BCUT2D eigenvalue weighted by Crippen LogP contribution is -1.93. The van der Waals surface area contributed by atoms with Gasteiger partial charge in [0, 0.05) is 12.6 Å². The number of hydrogen-bond acceptors (Lipinski definition) is 4. The number of hydrogen-bond donors (Lipinski definition) is 1. The summed E-state index contributed by atoms with van der Waals surface area (Å²) in [4.78, 5) is 0. The summed E-state index contributed by atoms with van der Waals surface area (Å²) in [5.41, 5.74) is 6.39. The molecule has 2 N–H and O–H groups in total. The van der Waals surface area contributed by atoms with Gasteiger partial charge in [0.05, 0.1) is 25.2 Å². The SMILES string of the molecule is CCn1cc(Oc2cc(OC)ccc2N)cn1. The van der Waals surface area contributed by atoms with E-state index in [4.69, 9.17) is 15.2 Å². The maximum Gasteiger partial charge on any atom is 0.165 e. The standard InChI is InChI=1S/C12H15N3O2/c1-3-15-8-10(7-14-15)17-12-6-9(16-2)4-5-11(12)13/h4-8H,3,13H2,1-2H3. The lowest BCUT2D eigenvalue weighted by molar-refractivity contribution is 0.409. The van der Waals surface area contributed by atoms with E-state index in [1.165, 1.54) is 0 Å². The molecule has 0 bridgehead atoms. The Morgan fingerprint density at radius 3 is 2.82 bits per heavy atom. The molecule has 0 saturated carbocycles. The molecule has 0 unspecified atom stereocenters. The molecule has 0 amide bonds. The summed E-state index contributed by atoms with van der Waals surface area (Å²) >= 11 is 0. The average molecular weight is 233 g/mol. The predicted molar refractivity (Wildman–Crippen MR) is 65.4 cm³/mol. The third kappa shape index (κ3) is 2.50. The number of ether oxygens (including phenoxy) is 2. The van der Waals surface area contributed by atoms with Crippen LogP contribution in [0.4, 0.5) is 5.69 Å². The topological polar surface area (TPSA) is 62.3 Å². The maximum absolute atomic E-state index is 5.82. The Labute approximate surface area is 99.8 Å². The van der Waals surface area contributed by atoms with Crippen molar-refractivity contribution in [2.75, 3.05) is 12.8 Å². The molecule has 5 nitrogen and oxygen atoms in total. The quantitative estimate of drug-likeness (QED) is 0.823. The lowest BCUT2D eigenvalue weighted by Gasteiger charge is -2.08. The van der Waals surface area contributed by atoms with Crippen molar-refractivity contribution in [3.05, 3.63) is 30.6 Å². The first-order valence-corrected chi connectivity index (χ1v) is 5.36. The fourth-order valence-corrected chi connectivity index (χ4v) is 1.43. The highest BCUT2D eigenvalue weighted by Crippen LogP contribution is 2.30. The second kappa shape index (κ2) is 4.78. The van der Waals surface area contributed by atoms with Crippen LogP contribution in [0.1, 0.15) is 6.92 Å².